The van der Waals surface area contributed by atoms with Crippen molar-refractivity contribution in [1.29, 1.82) is 0 Å². The van der Waals surface area contributed by atoms with Crippen molar-refractivity contribution in [3.05, 3.63) is 48.6 Å². The van der Waals surface area contributed by atoms with Crippen molar-refractivity contribution in [2.24, 2.45) is 0 Å². The molecule has 136 valence electrons. The average Bonchev–Trinajstić information content (AvgIpc) is 2.53. The van der Waals surface area contributed by atoms with Gasteiger partial charge in [0.15, 0.2) is 0 Å². The lowest BCUT2D eigenvalue weighted by molar-refractivity contribution is -0.137. The maximum Gasteiger partial charge on any atom is 0.303 e. The first kappa shape index (κ1) is 22.3. The van der Waals surface area contributed by atoms with Gasteiger partial charge in [-0.1, -0.05) is 48.6 Å². The Morgan fingerprint density at radius 3 is 2.17 bits per heavy atom. The molecule has 0 fully saturated rings. The summed E-state index contributed by atoms with van der Waals surface area (Å²) in [7, 11) is 0. The Morgan fingerprint density at radius 2 is 1.54 bits per heavy atom. The number of aliphatic hydroxyl groups is 3. The Kier molecular flexibility index (Phi) is 15.0. The van der Waals surface area contributed by atoms with E-state index in [0.29, 0.717) is 19.3 Å². The van der Waals surface area contributed by atoms with E-state index in [-0.39, 0.29) is 13.0 Å². The van der Waals surface area contributed by atoms with Gasteiger partial charge in [0.25, 0.3) is 0 Å². The number of aliphatic carboxylic acids is 1. The molecule has 0 aromatic carbocycles. The van der Waals surface area contributed by atoms with Gasteiger partial charge in [0.05, 0.1) is 12.2 Å². The molecular weight excluding hydrogens is 308 g/mol. The molecule has 0 bridgehead atoms. The molecule has 0 aliphatic heterocycles. The molecule has 5 heteroatoms. The van der Waals surface area contributed by atoms with E-state index >= 15 is 0 Å². The zero-order chi connectivity index (χ0) is 18.0. The van der Waals surface area contributed by atoms with Gasteiger partial charge in [-0.15, -0.1) is 0 Å². The Bertz CT molecular complexity index is 423. The fraction of sp³-hybridized carbons (Fsp3) is 0.526. The Balaban J connectivity index is 3.81. The molecule has 5 nitrogen and oxygen atoms in total. The molecule has 0 heterocycles. The van der Waals surface area contributed by atoms with Gasteiger partial charge in [-0.3, -0.25) is 4.79 Å². The molecule has 2 atom stereocenters. The first-order chi connectivity index (χ1) is 11.6. The number of hydrogen-bond donors (Lipinski definition) is 4. The lowest BCUT2D eigenvalue weighted by atomic mass is 10.1. The standard InChI is InChI=1S/C19H30O5/c20-16-9-5-1-2-6-11-17(21)12-7-3-4-8-13-18(22)14-10-15-19(23)24/h2-4,6-8,12-13,17-18,20-22H,1,5,9-11,14-16H2,(H,23,24)/b4-3+,6-2-,12-7+,13-8-/t17-,18-/m1/s1. The van der Waals surface area contributed by atoms with Gasteiger partial charge in [0.1, 0.15) is 0 Å². The summed E-state index contributed by atoms with van der Waals surface area (Å²) < 4.78 is 0. The minimum atomic E-state index is -0.852. The van der Waals surface area contributed by atoms with Crippen LogP contribution in [0.2, 0.25) is 0 Å². The molecular formula is C19H30O5. The summed E-state index contributed by atoms with van der Waals surface area (Å²) in [6.45, 7) is 0.222. The van der Waals surface area contributed by atoms with Crippen LogP contribution in [0.15, 0.2) is 48.6 Å². The minimum absolute atomic E-state index is 0.0667. The molecule has 0 unspecified atom stereocenters. The van der Waals surface area contributed by atoms with Crippen molar-refractivity contribution < 1.29 is 25.2 Å². The van der Waals surface area contributed by atoms with Crippen LogP contribution < -0.4 is 0 Å². The quantitative estimate of drug-likeness (QED) is 0.222. The average molecular weight is 338 g/mol. The second-order valence-electron chi connectivity index (χ2n) is 5.50. The van der Waals surface area contributed by atoms with Crippen molar-refractivity contribution in [2.45, 2.75) is 57.2 Å². The maximum absolute atomic E-state index is 10.3. The summed E-state index contributed by atoms with van der Waals surface area (Å²) in [4.78, 5) is 10.3. The monoisotopic (exact) mass is 338 g/mol. The van der Waals surface area contributed by atoms with Gasteiger partial charge in [-0.05, 0) is 38.5 Å². The van der Waals surface area contributed by atoms with Crippen LogP contribution in [0, 0.1) is 0 Å². The highest BCUT2D eigenvalue weighted by molar-refractivity contribution is 5.66. The third kappa shape index (κ3) is 16.7. The van der Waals surface area contributed by atoms with E-state index in [9.17, 15) is 15.0 Å². The smallest absolute Gasteiger partial charge is 0.303 e. The fourth-order valence-corrected chi connectivity index (χ4v) is 1.88. The van der Waals surface area contributed by atoms with Gasteiger partial charge in [-0.25, -0.2) is 0 Å². The van der Waals surface area contributed by atoms with Crippen LogP contribution >= 0.6 is 0 Å². The first-order valence-electron chi connectivity index (χ1n) is 8.41. The van der Waals surface area contributed by atoms with Crippen molar-refractivity contribution in [3.63, 3.8) is 0 Å². The maximum atomic E-state index is 10.3. The topological polar surface area (TPSA) is 98.0 Å². The first-order valence-corrected chi connectivity index (χ1v) is 8.41. The molecule has 24 heavy (non-hydrogen) atoms. The number of rotatable bonds is 14. The zero-order valence-corrected chi connectivity index (χ0v) is 14.1. The van der Waals surface area contributed by atoms with Crippen molar-refractivity contribution in [1.82, 2.24) is 0 Å². The number of carboxylic acid groups (broad SMARTS) is 1. The van der Waals surface area contributed by atoms with E-state index in [1.54, 1.807) is 36.5 Å². The van der Waals surface area contributed by atoms with Crippen LogP contribution in [0.5, 0.6) is 0 Å². The number of hydrogen-bond acceptors (Lipinski definition) is 4. The highest BCUT2D eigenvalue weighted by atomic mass is 16.4. The van der Waals surface area contributed by atoms with E-state index in [2.05, 4.69) is 0 Å². The van der Waals surface area contributed by atoms with Gasteiger partial charge in [0.2, 0.25) is 0 Å². The summed E-state index contributed by atoms with van der Waals surface area (Å²) >= 11 is 0. The molecule has 0 aliphatic carbocycles. The number of aliphatic hydroxyl groups excluding tert-OH is 3. The second-order valence-corrected chi connectivity index (χ2v) is 5.50. The van der Waals surface area contributed by atoms with Crippen LogP contribution in [0.4, 0.5) is 0 Å². The Hall–Kier alpha value is -1.69. The third-order valence-electron chi connectivity index (χ3n) is 3.21. The molecule has 0 rings (SSSR count). The summed E-state index contributed by atoms with van der Waals surface area (Å²) in [5.41, 5.74) is 0. The second kappa shape index (κ2) is 16.2. The predicted octanol–water partition coefficient (Wildman–Crippen LogP) is 2.74. The highest BCUT2D eigenvalue weighted by Gasteiger charge is 2.01. The lowest BCUT2D eigenvalue weighted by Crippen LogP contribution is -2.03. The largest absolute Gasteiger partial charge is 0.481 e. The lowest BCUT2D eigenvalue weighted by Gasteiger charge is -2.02. The summed E-state index contributed by atoms with van der Waals surface area (Å²) in [6, 6.07) is 0. The Labute approximate surface area is 144 Å². The summed E-state index contributed by atoms with van der Waals surface area (Å²) in [5.74, 6) is -0.852. The third-order valence-corrected chi connectivity index (χ3v) is 3.21. The van der Waals surface area contributed by atoms with Crippen LogP contribution in [-0.2, 0) is 4.79 Å². The van der Waals surface area contributed by atoms with E-state index in [0.717, 1.165) is 19.3 Å². The molecule has 0 saturated carbocycles. The summed E-state index contributed by atoms with van der Waals surface area (Å²) in [5, 5.41) is 36.4. The van der Waals surface area contributed by atoms with Crippen LogP contribution in [-0.4, -0.2) is 45.2 Å². The molecule has 0 aromatic rings. The SMILES string of the molecule is O=C(O)CCC[C@H](O)\C=C/C=C/C=C/[C@H](O)C/C=C\CCCCO. The molecule has 0 amide bonds. The zero-order valence-electron chi connectivity index (χ0n) is 14.1. The minimum Gasteiger partial charge on any atom is -0.481 e. The number of carbonyl (C=O) groups is 1. The highest BCUT2D eigenvalue weighted by Crippen LogP contribution is 2.03. The molecule has 0 saturated heterocycles. The normalized spacial score (nSPS) is 15.1. The Morgan fingerprint density at radius 1 is 0.875 bits per heavy atom. The molecule has 4 N–H and O–H groups in total. The predicted molar refractivity (Wildman–Crippen MR) is 95.6 cm³/mol. The van der Waals surface area contributed by atoms with Gasteiger partial charge in [0, 0.05) is 13.0 Å². The number of allylic oxidation sites excluding steroid dienone is 5. The number of carboxylic acids is 1. The van der Waals surface area contributed by atoms with Crippen molar-refractivity contribution in [2.75, 3.05) is 6.61 Å². The van der Waals surface area contributed by atoms with Crippen LogP contribution in [0.1, 0.15) is 44.9 Å². The van der Waals surface area contributed by atoms with E-state index < -0.39 is 18.2 Å². The van der Waals surface area contributed by atoms with E-state index in [1.807, 2.05) is 12.2 Å². The molecule has 0 aromatic heterocycles. The van der Waals surface area contributed by atoms with Crippen molar-refractivity contribution >= 4 is 5.97 Å². The fourth-order valence-electron chi connectivity index (χ4n) is 1.88. The van der Waals surface area contributed by atoms with Crippen LogP contribution in [0.3, 0.4) is 0 Å². The molecule has 0 aliphatic rings. The van der Waals surface area contributed by atoms with E-state index in [4.69, 9.17) is 10.2 Å². The number of unbranched alkanes of at least 4 members (excludes halogenated alkanes) is 2. The van der Waals surface area contributed by atoms with E-state index in [1.165, 1.54) is 0 Å². The van der Waals surface area contributed by atoms with Gasteiger partial charge >= 0.3 is 5.97 Å². The van der Waals surface area contributed by atoms with Crippen LogP contribution in [0.25, 0.3) is 0 Å². The molecule has 0 spiro atoms. The van der Waals surface area contributed by atoms with Crippen molar-refractivity contribution in [3.8, 4) is 0 Å². The molecule has 0 radical (unpaired) electrons. The summed E-state index contributed by atoms with van der Waals surface area (Å²) in [6.07, 6.45) is 17.2. The van der Waals surface area contributed by atoms with Gasteiger partial charge in [-0.2, -0.15) is 0 Å². The van der Waals surface area contributed by atoms with Gasteiger partial charge < -0.3 is 20.4 Å².